The second-order valence-corrected chi connectivity index (χ2v) is 7.65. The number of hydrogen-bond donors (Lipinski definition) is 0. The van der Waals surface area contributed by atoms with Gasteiger partial charge in [0.15, 0.2) is 0 Å². The third-order valence-corrected chi connectivity index (χ3v) is 5.84. The van der Waals surface area contributed by atoms with E-state index in [0.717, 1.165) is 4.90 Å². The molecule has 1 aliphatic heterocycles. The average molecular weight is 380 g/mol. The van der Waals surface area contributed by atoms with Gasteiger partial charge in [-0.3, -0.25) is 4.79 Å². The number of carbonyl (C=O) groups is 1. The van der Waals surface area contributed by atoms with E-state index in [4.69, 9.17) is 4.74 Å². The van der Waals surface area contributed by atoms with Crippen molar-refractivity contribution in [2.75, 3.05) is 33.3 Å². The van der Waals surface area contributed by atoms with E-state index in [0.29, 0.717) is 11.3 Å². The van der Waals surface area contributed by atoms with Gasteiger partial charge >= 0.3 is 6.18 Å². The Labute approximate surface area is 144 Å². The molecule has 1 saturated heterocycles. The fourth-order valence-electron chi connectivity index (χ4n) is 2.62. The molecule has 0 saturated carbocycles. The highest BCUT2D eigenvalue weighted by molar-refractivity contribution is 7.89. The molecule has 0 unspecified atom stereocenters. The van der Waals surface area contributed by atoms with Crippen LogP contribution in [-0.2, 0) is 14.8 Å². The molecular formula is C15H19F3N2O4S. The van der Waals surface area contributed by atoms with Gasteiger partial charge in [-0.25, -0.2) is 8.42 Å². The Morgan fingerprint density at radius 1 is 1.20 bits per heavy atom. The van der Waals surface area contributed by atoms with Crippen LogP contribution in [0.4, 0.5) is 13.2 Å². The number of alkyl halides is 3. The summed E-state index contributed by atoms with van der Waals surface area (Å²) in [5.74, 6) is -0.480. The number of rotatable bonds is 4. The zero-order valence-corrected chi connectivity index (χ0v) is 14.7. The molecule has 140 valence electrons. The molecule has 0 spiro atoms. The molecule has 2 rings (SSSR count). The summed E-state index contributed by atoms with van der Waals surface area (Å²) < 4.78 is 68.4. The Kier molecular flexibility index (Phi) is 5.62. The van der Waals surface area contributed by atoms with Crippen LogP contribution in [0.15, 0.2) is 23.1 Å². The molecule has 1 heterocycles. The third kappa shape index (κ3) is 4.63. The first-order valence-corrected chi connectivity index (χ1v) is 8.98. The molecule has 1 amide bonds. The summed E-state index contributed by atoms with van der Waals surface area (Å²) in [5, 5.41) is 0. The van der Waals surface area contributed by atoms with Gasteiger partial charge < -0.3 is 9.64 Å². The Hall–Kier alpha value is -1.81. The number of methoxy groups -OCH3 is 1. The molecule has 0 bridgehead atoms. The van der Waals surface area contributed by atoms with Crippen molar-refractivity contribution in [1.82, 2.24) is 9.21 Å². The summed E-state index contributed by atoms with van der Waals surface area (Å²) in [6, 6.07) is 4.45. The number of ether oxygens (including phenoxy) is 1. The molecule has 6 nitrogen and oxygen atoms in total. The summed E-state index contributed by atoms with van der Waals surface area (Å²) in [6.07, 6.45) is -6.10. The maximum Gasteiger partial charge on any atom is 0.397 e. The van der Waals surface area contributed by atoms with Crippen molar-refractivity contribution in [3.63, 3.8) is 0 Å². The summed E-state index contributed by atoms with van der Waals surface area (Å²) in [4.78, 5) is 12.7. The fraction of sp³-hybridized carbons (Fsp3) is 0.533. The lowest BCUT2D eigenvalue weighted by Crippen LogP contribution is -2.51. The van der Waals surface area contributed by atoms with E-state index in [-0.39, 0.29) is 31.1 Å². The molecule has 1 aliphatic rings. The van der Waals surface area contributed by atoms with E-state index in [1.165, 1.54) is 23.5 Å². The van der Waals surface area contributed by atoms with E-state index in [1.807, 2.05) is 0 Å². The SMILES string of the molecule is COc1ccc(S(=O)(=O)N2CCN(C(=O)CC(F)(F)F)CC2)cc1C. The van der Waals surface area contributed by atoms with E-state index >= 15 is 0 Å². The van der Waals surface area contributed by atoms with Gasteiger partial charge in [0.25, 0.3) is 0 Å². The van der Waals surface area contributed by atoms with Crippen LogP contribution < -0.4 is 4.74 Å². The van der Waals surface area contributed by atoms with Gasteiger partial charge in [-0.15, -0.1) is 0 Å². The molecule has 25 heavy (non-hydrogen) atoms. The first kappa shape index (κ1) is 19.5. The fourth-order valence-corrected chi connectivity index (χ4v) is 4.13. The van der Waals surface area contributed by atoms with Crippen LogP contribution in [-0.4, -0.2) is 63.0 Å². The molecule has 1 fully saturated rings. The second kappa shape index (κ2) is 7.20. The zero-order chi connectivity index (χ0) is 18.8. The number of nitrogens with zero attached hydrogens (tertiary/aromatic N) is 2. The van der Waals surface area contributed by atoms with E-state index < -0.39 is 28.5 Å². The van der Waals surface area contributed by atoms with Crippen molar-refractivity contribution < 1.29 is 31.1 Å². The lowest BCUT2D eigenvalue weighted by Gasteiger charge is -2.34. The van der Waals surface area contributed by atoms with Gasteiger partial charge in [0.1, 0.15) is 12.2 Å². The lowest BCUT2D eigenvalue weighted by atomic mass is 10.2. The van der Waals surface area contributed by atoms with Crippen LogP contribution in [0.25, 0.3) is 0 Å². The Morgan fingerprint density at radius 3 is 2.28 bits per heavy atom. The predicted octanol–water partition coefficient (Wildman–Crippen LogP) is 1.79. The van der Waals surface area contributed by atoms with Crippen LogP contribution in [0.1, 0.15) is 12.0 Å². The van der Waals surface area contributed by atoms with E-state index in [1.54, 1.807) is 13.0 Å². The van der Waals surface area contributed by atoms with Gasteiger partial charge in [-0.1, -0.05) is 0 Å². The minimum absolute atomic E-state index is 0.0446. The van der Waals surface area contributed by atoms with Gasteiger partial charge in [-0.2, -0.15) is 17.5 Å². The maximum atomic E-state index is 12.6. The summed E-state index contributed by atoms with van der Waals surface area (Å²) >= 11 is 0. The first-order chi connectivity index (χ1) is 11.5. The molecule has 1 aromatic rings. The Bertz CT molecular complexity index is 742. The van der Waals surface area contributed by atoms with Crippen molar-refractivity contribution in [3.05, 3.63) is 23.8 Å². The highest BCUT2D eigenvalue weighted by Gasteiger charge is 2.36. The number of benzene rings is 1. The average Bonchev–Trinajstić information content (AvgIpc) is 2.53. The topological polar surface area (TPSA) is 66.9 Å². The van der Waals surface area contributed by atoms with Gasteiger partial charge in [0.05, 0.1) is 12.0 Å². The maximum absolute atomic E-state index is 12.6. The van der Waals surface area contributed by atoms with Gasteiger partial charge in [-0.05, 0) is 30.7 Å². The molecule has 0 N–H and O–H groups in total. The van der Waals surface area contributed by atoms with Crippen LogP contribution >= 0.6 is 0 Å². The van der Waals surface area contributed by atoms with Crippen molar-refractivity contribution >= 4 is 15.9 Å². The summed E-state index contributed by atoms with van der Waals surface area (Å²) in [7, 11) is -2.30. The third-order valence-electron chi connectivity index (χ3n) is 3.95. The van der Waals surface area contributed by atoms with Crippen molar-refractivity contribution in [1.29, 1.82) is 0 Å². The smallest absolute Gasteiger partial charge is 0.397 e. The number of halogens is 3. The highest BCUT2D eigenvalue weighted by atomic mass is 32.2. The zero-order valence-electron chi connectivity index (χ0n) is 13.8. The minimum Gasteiger partial charge on any atom is -0.496 e. The lowest BCUT2D eigenvalue weighted by molar-refractivity contribution is -0.162. The molecular weight excluding hydrogens is 361 g/mol. The van der Waals surface area contributed by atoms with Crippen LogP contribution in [0.2, 0.25) is 0 Å². The number of piperazine rings is 1. The summed E-state index contributed by atoms with van der Waals surface area (Å²) in [5.41, 5.74) is 0.655. The molecule has 1 aromatic carbocycles. The number of aryl methyl sites for hydroxylation is 1. The Morgan fingerprint density at radius 2 is 1.80 bits per heavy atom. The first-order valence-electron chi connectivity index (χ1n) is 7.54. The van der Waals surface area contributed by atoms with Crippen LogP contribution in [0.3, 0.4) is 0 Å². The molecule has 0 aliphatic carbocycles. The standard InChI is InChI=1S/C15H19F3N2O4S/c1-11-9-12(3-4-13(11)24-2)25(22,23)20-7-5-19(6-8-20)14(21)10-15(16,17)18/h3-4,9H,5-8,10H2,1-2H3. The van der Waals surface area contributed by atoms with Crippen molar-refractivity contribution in [3.8, 4) is 5.75 Å². The quantitative estimate of drug-likeness (QED) is 0.799. The van der Waals surface area contributed by atoms with Crippen LogP contribution in [0.5, 0.6) is 5.75 Å². The number of hydrogen-bond acceptors (Lipinski definition) is 4. The molecule has 0 atom stereocenters. The highest BCUT2D eigenvalue weighted by Crippen LogP contribution is 2.25. The molecule has 0 aromatic heterocycles. The van der Waals surface area contributed by atoms with Gasteiger partial charge in [0, 0.05) is 26.2 Å². The number of amides is 1. The molecule has 0 radical (unpaired) electrons. The van der Waals surface area contributed by atoms with Crippen molar-refractivity contribution in [2.24, 2.45) is 0 Å². The predicted molar refractivity (Wildman–Crippen MR) is 83.7 cm³/mol. The van der Waals surface area contributed by atoms with Gasteiger partial charge in [0.2, 0.25) is 15.9 Å². The van der Waals surface area contributed by atoms with Crippen molar-refractivity contribution in [2.45, 2.75) is 24.4 Å². The number of carbonyl (C=O) groups excluding carboxylic acids is 1. The normalized spacial score (nSPS) is 16.8. The largest absolute Gasteiger partial charge is 0.496 e. The molecule has 10 heteroatoms. The monoisotopic (exact) mass is 380 g/mol. The summed E-state index contributed by atoms with van der Waals surface area (Å²) in [6.45, 7) is 1.49. The van der Waals surface area contributed by atoms with E-state index in [2.05, 4.69) is 0 Å². The van der Waals surface area contributed by atoms with Crippen LogP contribution in [0, 0.1) is 6.92 Å². The Balaban J connectivity index is 2.06. The minimum atomic E-state index is -4.57. The number of sulfonamides is 1. The van der Waals surface area contributed by atoms with E-state index in [9.17, 15) is 26.4 Å². The second-order valence-electron chi connectivity index (χ2n) is 5.71.